The molecule has 3 heteroatoms. The molecule has 1 aromatic rings. The van der Waals surface area contributed by atoms with Crippen molar-refractivity contribution in [2.75, 3.05) is 0 Å². The van der Waals surface area contributed by atoms with Crippen molar-refractivity contribution >= 4 is 5.97 Å². The van der Waals surface area contributed by atoms with E-state index in [9.17, 15) is 9.90 Å². The zero-order chi connectivity index (χ0) is 15.0. The third kappa shape index (κ3) is 2.71. The molecular formula is C18H25NO2. The highest BCUT2D eigenvalue weighted by atomic mass is 16.4. The van der Waals surface area contributed by atoms with Crippen LogP contribution in [0.5, 0.6) is 0 Å². The van der Waals surface area contributed by atoms with Crippen LogP contribution in [0, 0.1) is 24.7 Å². The van der Waals surface area contributed by atoms with Gasteiger partial charge in [-0.25, -0.2) is 0 Å². The summed E-state index contributed by atoms with van der Waals surface area (Å²) in [6.45, 7) is 4.26. The Bertz CT molecular complexity index is 510. The summed E-state index contributed by atoms with van der Waals surface area (Å²) in [4.78, 5) is 11.6. The van der Waals surface area contributed by atoms with Crippen LogP contribution < -0.4 is 5.32 Å². The quantitative estimate of drug-likeness (QED) is 0.871. The van der Waals surface area contributed by atoms with Gasteiger partial charge >= 0.3 is 5.97 Å². The molecule has 2 aliphatic carbocycles. The van der Waals surface area contributed by atoms with E-state index < -0.39 is 5.97 Å². The van der Waals surface area contributed by atoms with Crippen molar-refractivity contribution < 1.29 is 9.90 Å². The van der Waals surface area contributed by atoms with Crippen molar-refractivity contribution in [3.63, 3.8) is 0 Å². The molecule has 5 atom stereocenters. The van der Waals surface area contributed by atoms with E-state index in [0.717, 1.165) is 19.3 Å². The van der Waals surface area contributed by atoms with E-state index in [2.05, 4.69) is 43.4 Å². The number of carboxylic acid groups (broad SMARTS) is 1. The Kier molecular flexibility index (Phi) is 4.03. The van der Waals surface area contributed by atoms with Gasteiger partial charge in [-0.05, 0) is 50.0 Å². The van der Waals surface area contributed by atoms with Gasteiger partial charge in [0, 0.05) is 12.1 Å². The predicted molar refractivity (Wildman–Crippen MR) is 83.1 cm³/mol. The molecule has 3 rings (SSSR count). The average molecular weight is 287 g/mol. The van der Waals surface area contributed by atoms with E-state index in [4.69, 9.17) is 0 Å². The van der Waals surface area contributed by atoms with Gasteiger partial charge in [-0.3, -0.25) is 4.79 Å². The molecule has 0 amide bonds. The molecule has 114 valence electrons. The zero-order valence-electron chi connectivity index (χ0n) is 12.9. The number of nitrogens with one attached hydrogen (secondary N) is 1. The highest BCUT2D eigenvalue weighted by molar-refractivity contribution is 5.72. The summed E-state index contributed by atoms with van der Waals surface area (Å²) in [7, 11) is 0. The minimum atomic E-state index is -0.613. The van der Waals surface area contributed by atoms with Gasteiger partial charge in [0.2, 0.25) is 0 Å². The number of fused-ring (bicyclic) bond motifs is 2. The van der Waals surface area contributed by atoms with Crippen LogP contribution in [-0.4, -0.2) is 17.1 Å². The molecule has 0 aliphatic heterocycles. The summed E-state index contributed by atoms with van der Waals surface area (Å²) in [5.41, 5.74) is 2.53. The molecule has 2 bridgehead atoms. The lowest BCUT2D eigenvalue weighted by atomic mass is 9.83. The standard InChI is InChI=1S/C18H25NO2/c1-3-15(12-6-4-11(2)5-7-12)19-17-14-9-8-13(10-14)16(17)18(20)21/h4-7,13-17,19H,3,8-10H2,1-2H3,(H,20,21). The second-order valence-corrected chi connectivity index (χ2v) is 6.76. The lowest BCUT2D eigenvalue weighted by Gasteiger charge is -2.32. The first-order chi connectivity index (χ1) is 10.1. The molecule has 1 aromatic carbocycles. The molecule has 3 nitrogen and oxygen atoms in total. The van der Waals surface area contributed by atoms with Crippen molar-refractivity contribution in [1.82, 2.24) is 5.32 Å². The number of hydrogen-bond donors (Lipinski definition) is 2. The lowest BCUT2D eigenvalue weighted by molar-refractivity contribution is -0.144. The SMILES string of the molecule is CCC(NC1C2CCC(C2)C1C(=O)O)c1ccc(C)cc1. The number of hydrogen-bond acceptors (Lipinski definition) is 2. The Morgan fingerprint density at radius 1 is 1.29 bits per heavy atom. The van der Waals surface area contributed by atoms with Gasteiger partial charge in [-0.2, -0.15) is 0 Å². The van der Waals surface area contributed by atoms with E-state index in [0.29, 0.717) is 11.8 Å². The van der Waals surface area contributed by atoms with Crippen molar-refractivity contribution in [1.29, 1.82) is 0 Å². The van der Waals surface area contributed by atoms with Crippen molar-refractivity contribution in [2.45, 2.75) is 51.6 Å². The molecule has 0 spiro atoms. The predicted octanol–water partition coefficient (Wildman–Crippen LogP) is 3.54. The molecule has 2 saturated carbocycles. The van der Waals surface area contributed by atoms with Crippen molar-refractivity contribution in [3.05, 3.63) is 35.4 Å². The minimum absolute atomic E-state index is 0.146. The van der Waals surface area contributed by atoms with Gasteiger partial charge in [0.05, 0.1) is 5.92 Å². The van der Waals surface area contributed by atoms with Crippen LogP contribution >= 0.6 is 0 Å². The molecule has 2 fully saturated rings. The smallest absolute Gasteiger partial charge is 0.308 e. The van der Waals surface area contributed by atoms with Gasteiger partial charge in [-0.15, -0.1) is 0 Å². The Morgan fingerprint density at radius 2 is 1.95 bits per heavy atom. The van der Waals surface area contributed by atoms with Crippen LogP contribution in [0.15, 0.2) is 24.3 Å². The number of aryl methyl sites for hydroxylation is 1. The topological polar surface area (TPSA) is 49.3 Å². The molecule has 0 aromatic heterocycles. The summed E-state index contributed by atoms with van der Waals surface area (Å²) >= 11 is 0. The van der Waals surface area contributed by atoms with Crippen LogP contribution in [0.25, 0.3) is 0 Å². The highest BCUT2D eigenvalue weighted by Crippen LogP contribution is 2.49. The zero-order valence-corrected chi connectivity index (χ0v) is 12.9. The summed E-state index contributed by atoms with van der Waals surface area (Å²) in [5.74, 6) is 0.137. The molecular weight excluding hydrogens is 262 g/mol. The summed E-state index contributed by atoms with van der Waals surface area (Å²) in [6, 6.07) is 9.01. The molecule has 2 aliphatic rings. The van der Waals surface area contributed by atoms with Gasteiger partial charge in [0.15, 0.2) is 0 Å². The Hall–Kier alpha value is -1.35. The first-order valence-corrected chi connectivity index (χ1v) is 8.15. The molecule has 0 heterocycles. The van der Waals surface area contributed by atoms with Crippen LogP contribution in [-0.2, 0) is 4.79 Å². The minimum Gasteiger partial charge on any atom is -0.481 e. The number of carboxylic acids is 1. The van der Waals surface area contributed by atoms with E-state index in [1.54, 1.807) is 0 Å². The fourth-order valence-electron chi connectivity index (χ4n) is 4.37. The average Bonchev–Trinajstić information content (AvgIpc) is 3.06. The van der Waals surface area contributed by atoms with Crippen LogP contribution in [0.2, 0.25) is 0 Å². The van der Waals surface area contributed by atoms with Gasteiger partial charge < -0.3 is 10.4 Å². The summed E-state index contributed by atoms with van der Waals surface area (Å²) in [5, 5.41) is 13.2. The normalized spacial score (nSPS) is 32.3. The van der Waals surface area contributed by atoms with Crippen LogP contribution in [0.3, 0.4) is 0 Å². The number of carbonyl (C=O) groups is 1. The van der Waals surface area contributed by atoms with E-state index in [-0.39, 0.29) is 18.0 Å². The largest absolute Gasteiger partial charge is 0.481 e. The van der Waals surface area contributed by atoms with Crippen molar-refractivity contribution in [2.24, 2.45) is 17.8 Å². The summed E-state index contributed by atoms with van der Waals surface area (Å²) in [6.07, 6.45) is 4.37. The second-order valence-electron chi connectivity index (χ2n) is 6.76. The fraction of sp³-hybridized carbons (Fsp3) is 0.611. The van der Waals surface area contributed by atoms with Gasteiger partial charge in [0.25, 0.3) is 0 Å². The third-order valence-corrected chi connectivity index (χ3v) is 5.48. The molecule has 0 saturated heterocycles. The molecule has 2 N–H and O–H groups in total. The number of benzene rings is 1. The maximum Gasteiger partial charge on any atom is 0.308 e. The van der Waals surface area contributed by atoms with E-state index >= 15 is 0 Å². The van der Waals surface area contributed by atoms with E-state index in [1.807, 2.05) is 0 Å². The van der Waals surface area contributed by atoms with Crippen LogP contribution in [0.4, 0.5) is 0 Å². The second kappa shape index (κ2) is 5.80. The molecule has 0 radical (unpaired) electrons. The first kappa shape index (κ1) is 14.6. The lowest BCUT2D eigenvalue weighted by Crippen LogP contribution is -2.45. The maximum absolute atomic E-state index is 11.6. The number of rotatable bonds is 5. The maximum atomic E-state index is 11.6. The van der Waals surface area contributed by atoms with Gasteiger partial charge in [-0.1, -0.05) is 36.8 Å². The Balaban J connectivity index is 1.77. The summed E-state index contributed by atoms with van der Waals surface area (Å²) < 4.78 is 0. The Morgan fingerprint density at radius 3 is 2.57 bits per heavy atom. The highest BCUT2D eigenvalue weighted by Gasteiger charge is 2.51. The van der Waals surface area contributed by atoms with Crippen LogP contribution in [0.1, 0.15) is 49.8 Å². The van der Waals surface area contributed by atoms with Crippen molar-refractivity contribution in [3.8, 4) is 0 Å². The fourth-order valence-corrected chi connectivity index (χ4v) is 4.37. The number of aliphatic carboxylic acids is 1. The monoisotopic (exact) mass is 287 g/mol. The Labute approximate surface area is 126 Å². The first-order valence-electron chi connectivity index (χ1n) is 8.15. The third-order valence-electron chi connectivity index (χ3n) is 5.48. The molecule has 21 heavy (non-hydrogen) atoms. The molecule has 5 unspecified atom stereocenters. The van der Waals surface area contributed by atoms with E-state index in [1.165, 1.54) is 17.5 Å². The van der Waals surface area contributed by atoms with Gasteiger partial charge in [0.1, 0.15) is 0 Å².